The number of rotatable bonds is 2. The molecule has 56 valence electrons. The third-order valence-corrected chi connectivity index (χ3v) is 1.00. The second-order valence-electron chi connectivity index (χ2n) is 1.45. The van der Waals surface area contributed by atoms with Gasteiger partial charge < -0.3 is 9.52 Å². The summed E-state index contributed by atoms with van der Waals surface area (Å²) in [6.45, 7) is 0. The molecule has 0 aromatic carbocycles. The molecule has 10 heavy (non-hydrogen) atoms. The number of nitrogens with zero attached hydrogens (tertiary/aromatic N) is 3. The lowest BCUT2D eigenvalue weighted by atomic mass is 11.0. The van der Waals surface area contributed by atoms with Crippen molar-refractivity contribution in [1.82, 2.24) is 15.2 Å². The third-order valence-electron chi connectivity index (χ3n) is 0.601. The molecule has 0 fully saturated rings. The average molecular weight is 164 g/mol. The summed E-state index contributed by atoms with van der Waals surface area (Å²) in [5.74, 6) is 0. The van der Waals surface area contributed by atoms with E-state index in [1.165, 1.54) is 12.4 Å². The van der Waals surface area contributed by atoms with E-state index in [9.17, 15) is 4.57 Å². The fourth-order valence-corrected chi connectivity index (χ4v) is 0.688. The first-order valence-corrected chi connectivity index (χ1v) is 3.90. The maximum Gasteiger partial charge on any atom is 0.473 e. The fourth-order valence-electron chi connectivity index (χ4n) is 0.361. The Morgan fingerprint density at radius 1 is 1.80 bits per heavy atom. The van der Waals surface area contributed by atoms with Crippen LogP contribution in [0.4, 0.5) is 0 Å². The van der Waals surface area contributed by atoms with Crippen LogP contribution in [0.3, 0.4) is 0 Å². The van der Waals surface area contributed by atoms with Gasteiger partial charge in [0.05, 0.1) is 12.4 Å². The Morgan fingerprint density at radius 3 is 2.90 bits per heavy atom. The van der Waals surface area contributed by atoms with Gasteiger partial charge in [-0.25, -0.2) is 10.1 Å². The molecule has 0 amide bonds. The van der Waals surface area contributed by atoms with Gasteiger partial charge in [-0.3, -0.25) is 0 Å². The van der Waals surface area contributed by atoms with E-state index in [1.807, 2.05) is 0 Å². The van der Waals surface area contributed by atoms with Crippen LogP contribution in [0.5, 0.6) is 0 Å². The summed E-state index contributed by atoms with van der Waals surface area (Å²) in [5, 5.41) is 6.54. The summed E-state index contributed by atoms with van der Waals surface area (Å²) < 4.78 is 14.5. The molecule has 1 unspecified atom stereocenters. The maximum absolute atomic E-state index is 10.3. The molecule has 0 aliphatic rings. The van der Waals surface area contributed by atoms with Gasteiger partial charge in [0.25, 0.3) is 0 Å². The largest absolute Gasteiger partial charge is 0.473 e. The van der Waals surface area contributed by atoms with Gasteiger partial charge >= 0.3 is 7.75 Å². The molecule has 0 aliphatic carbocycles. The molecule has 0 spiro atoms. The number of aromatic nitrogens is 3. The maximum atomic E-state index is 10.3. The van der Waals surface area contributed by atoms with Crippen molar-refractivity contribution in [2.24, 2.45) is 5.50 Å². The number of hydrogen-bond donors (Lipinski definition) is 2. The van der Waals surface area contributed by atoms with Crippen LogP contribution in [0.25, 0.3) is 0 Å². The van der Waals surface area contributed by atoms with Crippen molar-refractivity contribution in [1.29, 1.82) is 0 Å². The van der Waals surface area contributed by atoms with Crippen molar-refractivity contribution >= 4 is 7.75 Å². The SMILES string of the molecule is NP(=O)(O)On1ccnn1. The first-order chi connectivity index (χ1) is 4.58. The van der Waals surface area contributed by atoms with Crippen molar-refractivity contribution in [3.8, 4) is 0 Å². The Labute approximate surface area is 55.9 Å². The van der Waals surface area contributed by atoms with Crippen molar-refractivity contribution in [2.45, 2.75) is 0 Å². The van der Waals surface area contributed by atoms with E-state index in [0.29, 0.717) is 4.85 Å². The average Bonchev–Trinajstić information content (AvgIpc) is 2.12. The number of hydrogen-bond acceptors (Lipinski definition) is 4. The van der Waals surface area contributed by atoms with E-state index in [2.05, 4.69) is 20.4 Å². The predicted octanol–water partition coefficient (Wildman–Crippen LogP) is -1.23. The summed E-state index contributed by atoms with van der Waals surface area (Å²) in [4.78, 5) is 9.12. The van der Waals surface area contributed by atoms with E-state index in [-0.39, 0.29) is 0 Å². The van der Waals surface area contributed by atoms with Crippen molar-refractivity contribution in [3.63, 3.8) is 0 Å². The lowest BCUT2D eigenvalue weighted by Crippen LogP contribution is -2.13. The third kappa shape index (κ3) is 2.14. The van der Waals surface area contributed by atoms with Gasteiger partial charge in [0.2, 0.25) is 0 Å². The topological polar surface area (TPSA) is 103 Å². The van der Waals surface area contributed by atoms with Crippen LogP contribution in [-0.4, -0.2) is 20.1 Å². The lowest BCUT2D eigenvalue weighted by molar-refractivity contribution is 0.194. The smallest absolute Gasteiger partial charge is 0.302 e. The van der Waals surface area contributed by atoms with Crippen LogP contribution >= 0.6 is 7.75 Å². The van der Waals surface area contributed by atoms with Gasteiger partial charge in [0, 0.05) is 0 Å². The second-order valence-corrected chi connectivity index (χ2v) is 2.74. The molecule has 1 heterocycles. The quantitative estimate of drug-likeness (QED) is 0.530. The Hall–Kier alpha value is -0.910. The van der Waals surface area contributed by atoms with Crippen LogP contribution in [0, 0.1) is 0 Å². The normalized spacial score (nSPS) is 16.2. The van der Waals surface area contributed by atoms with Gasteiger partial charge in [0.1, 0.15) is 0 Å². The summed E-state index contributed by atoms with van der Waals surface area (Å²) in [7, 11) is -3.99. The Kier molecular flexibility index (Phi) is 1.71. The molecular formula is C2H5N4O3P. The minimum absolute atomic E-state index is 0.709. The molecule has 8 heteroatoms. The van der Waals surface area contributed by atoms with Crippen LogP contribution in [0.1, 0.15) is 0 Å². The molecule has 0 radical (unpaired) electrons. The van der Waals surface area contributed by atoms with E-state index < -0.39 is 7.75 Å². The van der Waals surface area contributed by atoms with Gasteiger partial charge in [-0.05, 0) is 5.21 Å². The lowest BCUT2D eigenvalue weighted by Gasteiger charge is -2.03. The van der Waals surface area contributed by atoms with E-state index >= 15 is 0 Å². The van der Waals surface area contributed by atoms with Crippen molar-refractivity contribution in [2.75, 3.05) is 0 Å². The highest BCUT2D eigenvalue weighted by molar-refractivity contribution is 7.50. The van der Waals surface area contributed by atoms with Crippen LogP contribution in [-0.2, 0) is 4.57 Å². The van der Waals surface area contributed by atoms with Crippen LogP contribution in [0.2, 0.25) is 0 Å². The minimum Gasteiger partial charge on any atom is -0.302 e. The molecule has 1 atom stereocenters. The summed E-state index contributed by atoms with van der Waals surface area (Å²) in [6.07, 6.45) is 2.53. The zero-order valence-corrected chi connectivity index (χ0v) is 5.68. The van der Waals surface area contributed by atoms with E-state index in [0.717, 1.165) is 0 Å². The zero-order valence-electron chi connectivity index (χ0n) is 4.78. The highest BCUT2D eigenvalue weighted by Crippen LogP contribution is 2.25. The minimum atomic E-state index is -3.99. The molecule has 0 saturated carbocycles. The Morgan fingerprint density at radius 2 is 2.50 bits per heavy atom. The highest BCUT2D eigenvalue weighted by atomic mass is 31.2. The summed E-state index contributed by atoms with van der Waals surface area (Å²) in [6, 6.07) is 0. The fraction of sp³-hybridized carbons (Fsp3) is 0. The molecule has 7 nitrogen and oxygen atoms in total. The Balaban J connectivity index is 2.66. The summed E-state index contributed by atoms with van der Waals surface area (Å²) in [5.41, 5.74) is 4.63. The van der Waals surface area contributed by atoms with Crippen molar-refractivity contribution in [3.05, 3.63) is 12.4 Å². The predicted molar refractivity (Wildman–Crippen MR) is 30.6 cm³/mol. The Bertz CT molecular complexity index is 239. The first-order valence-electron chi connectivity index (χ1n) is 2.26. The molecule has 1 aromatic heterocycles. The molecule has 0 aliphatic heterocycles. The molecule has 3 N–H and O–H groups in total. The number of nitrogens with two attached hydrogens (primary N) is 1. The van der Waals surface area contributed by atoms with Gasteiger partial charge in [0.15, 0.2) is 0 Å². The molecular weight excluding hydrogens is 159 g/mol. The molecule has 0 saturated heterocycles. The van der Waals surface area contributed by atoms with Crippen LogP contribution < -0.4 is 10.1 Å². The second kappa shape index (κ2) is 2.37. The molecule has 0 bridgehead atoms. The van der Waals surface area contributed by atoms with Gasteiger partial charge in [-0.2, -0.15) is 0 Å². The zero-order chi connectivity index (χ0) is 7.61. The van der Waals surface area contributed by atoms with Gasteiger partial charge in [-0.1, -0.05) is 4.85 Å². The summed E-state index contributed by atoms with van der Waals surface area (Å²) >= 11 is 0. The molecule has 1 aromatic rings. The monoisotopic (exact) mass is 164 g/mol. The first kappa shape index (κ1) is 7.20. The van der Waals surface area contributed by atoms with E-state index in [4.69, 9.17) is 4.89 Å². The van der Waals surface area contributed by atoms with Crippen LogP contribution in [0.15, 0.2) is 12.4 Å². The van der Waals surface area contributed by atoms with E-state index in [1.54, 1.807) is 0 Å². The van der Waals surface area contributed by atoms with Gasteiger partial charge in [-0.15, -0.1) is 5.10 Å². The highest BCUT2D eigenvalue weighted by Gasteiger charge is 2.12. The van der Waals surface area contributed by atoms with Crippen molar-refractivity contribution < 1.29 is 14.1 Å². The standard InChI is InChI=1S/C2H5N4O3P/c3-10(7,8)9-6-2-1-4-5-6/h1-2H,(H3,3,7,8). The molecule has 1 rings (SSSR count).